The molecular formula is C17H17F3O2. The minimum atomic E-state index is -4.45. The second-order valence-electron chi connectivity index (χ2n) is 5.09. The number of benzene rings is 2. The van der Waals surface area contributed by atoms with Crippen molar-refractivity contribution in [1.82, 2.24) is 0 Å². The SMILES string of the molecule is Cc1cccc(OCC(CO)c2ccccc2C(F)(F)F)c1. The van der Waals surface area contributed by atoms with Gasteiger partial charge in [-0.25, -0.2) is 0 Å². The van der Waals surface area contributed by atoms with Gasteiger partial charge in [-0.3, -0.25) is 0 Å². The average Bonchev–Trinajstić information content (AvgIpc) is 2.47. The molecule has 0 saturated carbocycles. The summed E-state index contributed by atoms with van der Waals surface area (Å²) in [4.78, 5) is 0. The molecule has 5 heteroatoms. The summed E-state index contributed by atoms with van der Waals surface area (Å²) in [5.74, 6) is -0.165. The number of aryl methyl sites for hydroxylation is 1. The number of aliphatic hydroxyl groups excluding tert-OH is 1. The first-order chi connectivity index (χ1) is 10.4. The van der Waals surface area contributed by atoms with E-state index in [4.69, 9.17) is 4.74 Å². The Balaban J connectivity index is 2.19. The highest BCUT2D eigenvalue weighted by Gasteiger charge is 2.34. The molecule has 0 aliphatic carbocycles. The van der Waals surface area contributed by atoms with Gasteiger partial charge in [0.1, 0.15) is 5.75 Å². The highest BCUT2D eigenvalue weighted by atomic mass is 19.4. The predicted molar refractivity (Wildman–Crippen MR) is 77.9 cm³/mol. The van der Waals surface area contributed by atoms with Gasteiger partial charge in [0.15, 0.2) is 0 Å². The van der Waals surface area contributed by atoms with Gasteiger partial charge in [-0.1, -0.05) is 30.3 Å². The van der Waals surface area contributed by atoms with E-state index in [0.717, 1.165) is 11.6 Å². The molecule has 0 fully saturated rings. The van der Waals surface area contributed by atoms with Crippen LogP contribution in [0, 0.1) is 6.92 Å². The van der Waals surface area contributed by atoms with Crippen molar-refractivity contribution in [3.63, 3.8) is 0 Å². The summed E-state index contributed by atoms with van der Waals surface area (Å²) in [5, 5.41) is 9.45. The van der Waals surface area contributed by atoms with Crippen molar-refractivity contribution in [3.05, 3.63) is 65.2 Å². The molecule has 0 aromatic heterocycles. The zero-order valence-electron chi connectivity index (χ0n) is 12.1. The van der Waals surface area contributed by atoms with Crippen LogP contribution in [0.5, 0.6) is 5.75 Å². The smallest absolute Gasteiger partial charge is 0.416 e. The van der Waals surface area contributed by atoms with Crippen molar-refractivity contribution in [2.24, 2.45) is 0 Å². The molecule has 0 amide bonds. The van der Waals surface area contributed by atoms with Crippen LogP contribution in [0.3, 0.4) is 0 Å². The molecule has 22 heavy (non-hydrogen) atoms. The topological polar surface area (TPSA) is 29.5 Å². The van der Waals surface area contributed by atoms with Crippen LogP contribution < -0.4 is 4.74 Å². The molecular weight excluding hydrogens is 293 g/mol. The Bertz CT molecular complexity index is 623. The van der Waals surface area contributed by atoms with E-state index in [-0.39, 0.29) is 12.2 Å². The highest BCUT2D eigenvalue weighted by Crippen LogP contribution is 2.35. The molecule has 0 radical (unpaired) electrons. The lowest BCUT2D eigenvalue weighted by Crippen LogP contribution is -2.19. The van der Waals surface area contributed by atoms with E-state index in [0.29, 0.717) is 5.75 Å². The second kappa shape index (κ2) is 6.83. The number of ether oxygens (including phenoxy) is 1. The van der Waals surface area contributed by atoms with E-state index in [1.807, 2.05) is 19.1 Å². The van der Waals surface area contributed by atoms with E-state index >= 15 is 0 Å². The van der Waals surface area contributed by atoms with Crippen molar-refractivity contribution in [2.75, 3.05) is 13.2 Å². The lowest BCUT2D eigenvalue weighted by molar-refractivity contribution is -0.138. The van der Waals surface area contributed by atoms with Gasteiger partial charge in [0.05, 0.1) is 18.8 Å². The minimum Gasteiger partial charge on any atom is -0.493 e. The number of aliphatic hydroxyl groups is 1. The average molecular weight is 310 g/mol. The fourth-order valence-corrected chi connectivity index (χ4v) is 2.25. The lowest BCUT2D eigenvalue weighted by atomic mass is 9.95. The van der Waals surface area contributed by atoms with Gasteiger partial charge in [0.2, 0.25) is 0 Å². The molecule has 2 aromatic carbocycles. The predicted octanol–water partition coefficient (Wildman–Crippen LogP) is 4.17. The molecule has 118 valence electrons. The first-order valence-corrected chi connectivity index (χ1v) is 6.88. The van der Waals surface area contributed by atoms with Crippen molar-refractivity contribution in [2.45, 2.75) is 19.0 Å². The Morgan fingerprint density at radius 1 is 1.09 bits per heavy atom. The fourth-order valence-electron chi connectivity index (χ4n) is 2.25. The first kappa shape index (κ1) is 16.4. The summed E-state index contributed by atoms with van der Waals surface area (Å²) >= 11 is 0. The zero-order valence-corrected chi connectivity index (χ0v) is 12.1. The van der Waals surface area contributed by atoms with Crippen LogP contribution in [0.1, 0.15) is 22.6 Å². The van der Waals surface area contributed by atoms with Crippen LogP contribution in [0.4, 0.5) is 13.2 Å². The second-order valence-corrected chi connectivity index (χ2v) is 5.09. The molecule has 0 aliphatic heterocycles. The molecule has 2 aromatic rings. The van der Waals surface area contributed by atoms with Gasteiger partial charge in [-0.2, -0.15) is 13.2 Å². The van der Waals surface area contributed by atoms with Crippen LogP contribution >= 0.6 is 0 Å². The summed E-state index contributed by atoms with van der Waals surface area (Å²) in [6.07, 6.45) is -4.45. The molecule has 1 atom stereocenters. The van der Waals surface area contributed by atoms with Crippen molar-refractivity contribution >= 4 is 0 Å². The van der Waals surface area contributed by atoms with Gasteiger partial charge >= 0.3 is 6.18 Å². The van der Waals surface area contributed by atoms with Crippen LogP contribution in [0.2, 0.25) is 0 Å². The Kier molecular flexibility index (Phi) is 5.08. The normalized spacial score (nSPS) is 13.0. The molecule has 0 bridgehead atoms. The number of alkyl halides is 3. The van der Waals surface area contributed by atoms with Gasteiger partial charge in [-0.05, 0) is 36.2 Å². The van der Waals surface area contributed by atoms with E-state index < -0.39 is 24.3 Å². The Labute approximate surface area is 127 Å². The zero-order chi connectivity index (χ0) is 16.2. The molecule has 1 N–H and O–H groups in total. The van der Waals surface area contributed by atoms with E-state index in [1.165, 1.54) is 18.2 Å². The van der Waals surface area contributed by atoms with Gasteiger partial charge in [0.25, 0.3) is 0 Å². The van der Waals surface area contributed by atoms with Gasteiger partial charge < -0.3 is 9.84 Å². The van der Waals surface area contributed by atoms with E-state index in [2.05, 4.69) is 0 Å². The summed E-state index contributed by atoms with van der Waals surface area (Å²) < 4.78 is 44.7. The number of halogens is 3. The molecule has 2 rings (SSSR count). The van der Waals surface area contributed by atoms with Crippen LogP contribution in [0.25, 0.3) is 0 Å². The molecule has 0 aliphatic rings. The largest absolute Gasteiger partial charge is 0.493 e. The van der Waals surface area contributed by atoms with Crippen LogP contribution in [-0.4, -0.2) is 18.3 Å². The fraction of sp³-hybridized carbons (Fsp3) is 0.294. The molecule has 0 heterocycles. The quantitative estimate of drug-likeness (QED) is 0.898. The molecule has 2 nitrogen and oxygen atoms in total. The third kappa shape index (κ3) is 4.01. The summed E-state index contributed by atoms with van der Waals surface area (Å²) in [6, 6.07) is 12.5. The standard InChI is InChI=1S/C17H17F3O2/c1-12-5-4-6-14(9-12)22-11-13(10-21)15-7-2-3-8-16(15)17(18,19)20/h2-9,13,21H,10-11H2,1H3. The first-order valence-electron chi connectivity index (χ1n) is 6.88. The molecule has 1 unspecified atom stereocenters. The van der Waals surface area contributed by atoms with Crippen molar-refractivity contribution < 1.29 is 23.0 Å². The highest BCUT2D eigenvalue weighted by molar-refractivity contribution is 5.33. The Hall–Kier alpha value is -2.01. The Morgan fingerprint density at radius 2 is 1.82 bits per heavy atom. The third-order valence-electron chi connectivity index (χ3n) is 3.37. The van der Waals surface area contributed by atoms with Crippen LogP contribution in [-0.2, 0) is 6.18 Å². The monoisotopic (exact) mass is 310 g/mol. The number of rotatable bonds is 5. The lowest BCUT2D eigenvalue weighted by Gasteiger charge is -2.20. The summed E-state index contributed by atoms with van der Waals surface area (Å²) in [7, 11) is 0. The maximum Gasteiger partial charge on any atom is 0.416 e. The minimum absolute atomic E-state index is 0.0208. The number of hydrogen-bond donors (Lipinski definition) is 1. The maximum atomic E-state index is 13.0. The van der Waals surface area contributed by atoms with Gasteiger partial charge in [0, 0.05) is 5.92 Å². The van der Waals surface area contributed by atoms with Crippen molar-refractivity contribution in [3.8, 4) is 5.75 Å². The summed E-state index contributed by atoms with van der Waals surface area (Å²) in [6.45, 7) is 1.46. The maximum absolute atomic E-state index is 13.0. The van der Waals surface area contributed by atoms with E-state index in [1.54, 1.807) is 12.1 Å². The van der Waals surface area contributed by atoms with Crippen LogP contribution in [0.15, 0.2) is 48.5 Å². The van der Waals surface area contributed by atoms with Gasteiger partial charge in [-0.15, -0.1) is 0 Å². The van der Waals surface area contributed by atoms with Crippen molar-refractivity contribution in [1.29, 1.82) is 0 Å². The molecule has 0 saturated heterocycles. The number of hydrogen-bond acceptors (Lipinski definition) is 2. The molecule has 0 spiro atoms. The van der Waals surface area contributed by atoms with E-state index in [9.17, 15) is 18.3 Å². The summed E-state index contributed by atoms with van der Waals surface area (Å²) in [5.41, 5.74) is 0.306. The third-order valence-corrected chi connectivity index (χ3v) is 3.37. The Morgan fingerprint density at radius 3 is 2.45 bits per heavy atom.